The van der Waals surface area contributed by atoms with E-state index in [1.165, 1.54) is 24.3 Å². The average Bonchev–Trinajstić information content (AvgIpc) is 2.73. The smallest absolute Gasteiger partial charge is 0.374 e. The highest BCUT2D eigenvalue weighted by molar-refractivity contribution is 5.88. The maximum Gasteiger partial charge on any atom is 0.374 e. The van der Waals surface area contributed by atoms with Crippen molar-refractivity contribution in [3.63, 3.8) is 0 Å². The third kappa shape index (κ3) is 4.22. The van der Waals surface area contributed by atoms with Gasteiger partial charge in [-0.25, -0.2) is 9.18 Å². The van der Waals surface area contributed by atoms with Crippen LogP contribution >= 0.6 is 0 Å². The number of fused-ring (bicyclic) bond motifs is 1. The maximum atomic E-state index is 13.0. The minimum Gasteiger partial charge on any atom is -0.452 e. The van der Waals surface area contributed by atoms with Gasteiger partial charge in [-0.15, -0.1) is 0 Å². The summed E-state index contributed by atoms with van der Waals surface area (Å²) in [5, 5.41) is 3.21. The normalized spacial score (nSPS) is 10.7. The molecule has 0 spiro atoms. The molecule has 0 fully saturated rings. The SMILES string of the molecule is Nc1nc(COC(=O)c2cc(=O)c3ccccc3o2)nc(Nc2ccc(F)cc2)n1. The molecule has 0 saturated heterocycles. The summed E-state index contributed by atoms with van der Waals surface area (Å²) in [7, 11) is 0. The van der Waals surface area contributed by atoms with Crippen molar-refractivity contribution in [1.82, 2.24) is 15.0 Å². The Bertz CT molecular complexity index is 1290. The summed E-state index contributed by atoms with van der Waals surface area (Å²) in [5.41, 5.74) is 6.11. The van der Waals surface area contributed by atoms with Crippen LogP contribution in [-0.2, 0) is 11.3 Å². The van der Waals surface area contributed by atoms with E-state index >= 15 is 0 Å². The van der Waals surface area contributed by atoms with Crippen LogP contribution in [0.2, 0.25) is 0 Å². The van der Waals surface area contributed by atoms with E-state index in [1.807, 2.05) is 0 Å². The van der Waals surface area contributed by atoms with Gasteiger partial charge in [0.1, 0.15) is 11.4 Å². The quantitative estimate of drug-likeness (QED) is 0.479. The molecular weight excluding hydrogens is 393 g/mol. The summed E-state index contributed by atoms with van der Waals surface area (Å²) in [6, 6.07) is 13.2. The number of halogens is 1. The first kappa shape index (κ1) is 19.0. The van der Waals surface area contributed by atoms with Crippen molar-refractivity contribution < 1.29 is 18.3 Å². The third-order valence-corrected chi connectivity index (χ3v) is 3.97. The fraction of sp³-hybridized carbons (Fsp3) is 0.0500. The fourth-order valence-corrected chi connectivity index (χ4v) is 2.63. The number of nitrogens with one attached hydrogen (secondary N) is 1. The molecule has 4 aromatic rings. The van der Waals surface area contributed by atoms with Gasteiger partial charge >= 0.3 is 5.97 Å². The van der Waals surface area contributed by atoms with E-state index in [0.717, 1.165) is 6.07 Å². The van der Waals surface area contributed by atoms with E-state index in [-0.39, 0.29) is 46.9 Å². The topological polar surface area (TPSA) is 133 Å². The molecule has 150 valence electrons. The number of hydrogen-bond donors (Lipinski definition) is 2. The van der Waals surface area contributed by atoms with Crippen molar-refractivity contribution in [1.29, 1.82) is 0 Å². The van der Waals surface area contributed by atoms with Crippen molar-refractivity contribution >= 4 is 34.5 Å². The predicted octanol–water partition coefficient (Wildman–Crippen LogP) is 2.80. The Labute approximate surface area is 168 Å². The zero-order valence-electron chi connectivity index (χ0n) is 15.3. The second-order valence-corrected chi connectivity index (χ2v) is 6.11. The second kappa shape index (κ2) is 7.95. The van der Waals surface area contributed by atoms with Crippen molar-refractivity contribution in [2.45, 2.75) is 6.61 Å². The summed E-state index contributed by atoms with van der Waals surface area (Å²) < 4.78 is 23.6. The third-order valence-electron chi connectivity index (χ3n) is 3.97. The Morgan fingerprint density at radius 1 is 1.10 bits per heavy atom. The van der Waals surface area contributed by atoms with E-state index in [9.17, 15) is 14.0 Å². The monoisotopic (exact) mass is 407 g/mol. The number of nitrogens with two attached hydrogens (primary N) is 1. The van der Waals surface area contributed by atoms with Gasteiger partial charge in [0.2, 0.25) is 17.7 Å². The van der Waals surface area contributed by atoms with Crippen LogP contribution in [0, 0.1) is 5.82 Å². The number of hydrogen-bond acceptors (Lipinski definition) is 9. The lowest BCUT2D eigenvalue weighted by Gasteiger charge is -2.08. The van der Waals surface area contributed by atoms with Gasteiger partial charge in [0.15, 0.2) is 17.9 Å². The number of para-hydroxylation sites is 1. The number of rotatable bonds is 5. The molecule has 2 heterocycles. The molecule has 30 heavy (non-hydrogen) atoms. The number of anilines is 3. The summed E-state index contributed by atoms with van der Waals surface area (Å²) in [5.74, 6) is -1.42. The fourth-order valence-electron chi connectivity index (χ4n) is 2.63. The highest BCUT2D eigenvalue weighted by atomic mass is 19.1. The number of ether oxygens (including phenoxy) is 1. The van der Waals surface area contributed by atoms with Crippen LogP contribution in [0.5, 0.6) is 0 Å². The van der Waals surface area contributed by atoms with Gasteiger partial charge in [0, 0.05) is 11.8 Å². The van der Waals surface area contributed by atoms with Crippen molar-refractivity contribution in [3.8, 4) is 0 Å². The van der Waals surface area contributed by atoms with E-state index in [1.54, 1.807) is 24.3 Å². The van der Waals surface area contributed by atoms with Crippen LogP contribution in [0.4, 0.5) is 22.0 Å². The summed E-state index contributed by atoms with van der Waals surface area (Å²) in [4.78, 5) is 36.4. The zero-order valence-corrected chi connectivity index (χ0v) is 15.3. The van der Waals surface area contributed by atoms with Gasteiger partial charge < -0.3 is 20.2 Å². The Morgan fingerprint density at radius 2 is 1.87 bits per heavy atom. The summed E-state index contributed by atoms with van der Waals surface area (Å²) in [6.07, 6.45) is 0. The van der Waals surface area contributed by atoms with Crippen LogP contribution in [-0.4, -0.2) is 20.9 Å². The second-order valence-electron chi connectivity index (χ2n) is 6.11. The molecule has 3 N–H and O–H groups in total. The Hall–Kier alpha value is -4.34. The number of esters is 1. The highest BCUT2D eigenvalue weighted by Crippen LogP contribution is 2.15. The van der Waals surface area contributed by atoms with Crippen molar-refractivity contribution in [3.05, 3.63) is 82.2 Å². The van der Waals surface area contributed by atoms with Gasteiger partial charge in [-0.05, 0) is 36.4 Å². The molecule has 0 atom stereocenters. The first-order valence-electron chi connectivity index (χ1n) is 8.71. The van der Waals surface area contributed by atoms with Gasteiger partial charge in [0.25, 0.3) is 0 Å². The van der Waals surface area contributed by atoms with Crippen LogP contribution in [0.1, 0.15) is 16.4 Å². The molecule has 0 aliphatic heterocycles. The van der Waals surface area contributed by atoms with Crippen LogP contribution < -0.4 is 16.5 Å². The number of nitrogens with zero attached hydrogens (tertiary/aromatic N) is 3. The number of benzene rings is 2. The lowest BCUT2D eigenvalue weighted by Crippen LogP contribution is -2.13. The highest BCUT2D eigenvalue weighted by Gasteiger charge is 2.15. The number of nitrogen functional groups attached to an aromatic ring is 1. The van der Waals surface area contributed by atoms with E-state index in [4.69, 9.17) is 14.9 Å². The summed E-state index contributed by atoms with van der Waals surface area (Å²) in [6.45, 7) is -0.333. The van der Waals surface area contributed by atoms with Gasteiger partial charge in [-0.2, -0.15) is 15.0 Å². The maximum absolute atomic E-state index is 13.0. The molecule has 0 aliphatic carbocycles. The van der Waals surface area contributed by atoms with Gasteiger partial charge in [-0.1, -0.05) is 12.1 Å². The van der Waals surface area contributed by atoms with Crippen molar-refractivity contribution in [2.75, 3.05) is 11.1 Å². The molecule has 2 aromatic heterocycles. The standard InChI is InChI=1S/C20H14FN5O4/c21-11-5-7-12(8-6-11)23-20-25-17(24-19(22)26-20)10-29-18(28)16-9-14(27)13-3-1-2-4-15(13)30-16/h1-9H,10H2,(H3,22,23,24,25,26). The molecule has 2 aromatic carbocycles. The molecule has 0 radical (unpaired) electrons. The molecule has 4 rings (SSSR count). The number of aromatic nitrogens is 3. The van der Waals surface area contributed by atoms with Gasteiger partial charge in [-0.3, -0.25) is 4.79 Å². The number of carbonyl (C=O) groups excluding carboxylic acids is 1. The lowest BCUT2D eigenvalue weighted by atomic mass is 10.2. The molecule has 0 amide bonds. The zero-order chi connectivity index (χ0) is 21.1. The lowest BCUT2D eigenvalue weighted by molar-refractivity contribution is 0.0426. The van der Waals surface area contributed by atoms with E-state index in [2.05, 4.69) is 20.3 Å². The van der Waals surface area contributed by atoms with Crippen LogP contribution in [0.3, 0.4) is 0 Å². The van der Waals surface area contributed by atoms with Gasteiger partial charge in [0.05, 0.1) is 5.39 Å². The van der Waals surface area contributed by atoms with Crippen LogP contribution in [0.25, 0.3) is 11.0 Å². The molecule has 0 aliphatic rings. The molecule has 0 saturated carbocycles. The van der Waals surface area contributed by atoms with Crippen molar-refractivity contribution in [2.24, 2.45) is 0 Å². The first-order valence-corrected chi connectivity index (χ1v) is 8.71. The molecule has 9 nitrogen and oxygen atoms in total. The average molecular weight is 407 g/mol. The molecule has 0 bridgehead atoms. The minimum absolute atomic E-state index is 0.0728. The first-order chi connectivity index (χ1) is 14.5. The molecular formula is C20H14FN5O4. The molecule has 0 unspecified atom stereocenters. The predicted molar refractivity (Wildman–Crippen MR) is 106 cm³/mol. The van der Waals surface area contributed by atoms with E-state index < -0.39 is 5.97 Å². The van der Waals surface area contributed by atoms with E-state index in [0.29, 0.717) is 11.1 Å². The molecule has 10 heteroatoms. The minimum atomic E-state index is -0.857. The summed E-state index contributed by atoms with van der Waals surface area (Å²) >= 11 is 0. The number of carbonyl (C=O) groups is 1. The largest absolute Gasteiger partial charge is 0.452 e. The Morgan fingerprint density at radius 3 is 2.67 bits per heavy atom. The Kier molecular flexibility index (Phi) is 5.04. The Balaban J connectivity index is 1.49. The van der Waals surface area contributed by atoms with Crippen LogP contribution in [0.15, 0.2) is 63.8 Å².